The number of nitrogens with two attached hydrogens (primary N) is 1. The van der Waals surface area contributed by atoms with Gasteiger partial charge in [0, 0.05) is 55.3 Å². The first-order valence-electron chi connectivity index (χ1n) is 10.7. The summed E-state index contributed by atoms with van der Waals surface area (Å²) in [6.45, 7) is 4.20. The Morgan fingerprint density at radius 3 is 2.65 bits per heavy atom. The molecule has 0 aromatic carbocycles. The zero-order valence-electron chi connectivity index (χ0n) is 17.7. The molecular formula is C23H27N7O. The molecule has 4 rings (SSSR count). The molecule has 4 heterocycles. The van der Waals surface area contributed by atoms with Gasteiger partial charge in [0.25, 0.3) is 0 Å². The van der Waals surface area contributed by atoms with Crippen molar-refractivity contribution in [2.24, 2.45) is 11.7 Å². The summed E-state index contributed by atoms with van der Waals surface area (Å²) < 4.78 is 0. The average molecular weight is 418 g/mol. The molecular weight excluding hydrogens is 390 g/mol. The van der Waals surface area contributed by atoms with Crippen molar-refractivity contribution in [1.82, 2.24) is 19.9 Å². The lowest BCUT2D eigenvalue weighted by molar-refractivity contribution is -0.122. The van der Waals surface area contributed by atoms with E-state index in [9.17, 15) is 4.79 Å². The van der Waals surface area contributed by atoms with Crippen LogP contribution in [0.1, 0.15) is 31.0 Å². The maximum absolute atomic E-state index is 11.5. The smallest absolute Gasteiger partial charge is 0.220 e. The van der Waals surface area contributed by atoms with Gasteiger partial charge in [-0.05, 0) is 37.5 Å². The molecule has 1 aliphatic heterocycles. The van der Waals surface area contributed by atoms with Crippen molar-refractivity contribution in [3.05, 3.63) is 60.0 Å². The number of carbonyl (C=O) groups excluding carboxylic acids is 1. The number of nitrogens with zero attached hydrogens (tertiary/aromatic N) is 5. The molecule has 1 fully saturated rings. The van der Waals surface area contributed by atoms with E-state index in [0.717, 1.165) is 60.9 Å². The van der Waals surface area contributed by atoms with Crippen LogP contribution in [0.25, 0.3) is 11.5 Å². The summed E-state index contributed by atoms with van der Waals surface area (Å²) in [7, 11) is 0. The normalized spacial score (nSPS) is 14.4. The summed E-state index contributed by atoms with van der Waals surface area (Å²) in [5, 5.41) is 3.43. The molecule has 0 bridgehead atoms. The Kier molecular flexibility index (Phi) is 6.35. The minimum absolute atomic E-state index is 0.0416. The Hall–Kier alpha value is -3.55. The van der Waals surface area contributed by atoms with Gasteiger partial charge in [-0.15, -0.1) is 0 Å². The van der Waals surface area contributed by atoms with Gasteiger partial charge in [-0.3, -0.25) is 9.78 Å². The molecule has 8 nitrogen and oxygen atoms in total. The fraction of sp³-hybridized carbons (Fsp3) is 0.348. The highest BCUT2D eigenvalue weighted by Crippen LogP contribution is 2.25. The SMILES string of the molecule is CCc1cc(NCc2cccnc2N2CCC(C(N)=O)CC2)nc(-c2ccccn2)n1. The van der Waals surface area contributed by atoms with Crippen molar-refractivity contribution in [2.75, 3.05) is 23.3 Å². The van der Waals surface area contributed by atoms with Crippen molar-refractivity contribution < 1.29 is 4.79 Å². The molecule has 1 aliphatic rings. The monoisotopic (exact) mass is 417 g/mol. The Bertz CT molecular complexity index is 1030. The molecule has 0 saturated carbocycles. The Morgan fingerprint density at radius 2 is 1.94 bits per heavy atom. The second-order valence-electron chi connectivity index (χ2n) is 7.64. The first kappa shape index (κ1) is 20.7. The molecule has 8 heteroatoms. The lowest BCUT2D eigenvalue weighted by Gasteiger charge is -2.32. The number of hydrogen-bond acceptors (Lipinski definition) is 7. The highest BCUT2D eigenvalue weighted by Gasteiger charge is 2.25. The molecule has 0 unspecified atom stereocenters. The fourth-order valence-electron chi connectivity index (χ4n) is 3.79. The van der Waals surface area contributed by atoms with Gasteiger partial charge >= 0.3 is 0 Å². The van der Waals surface area contributed by atoms with Crippen LogP contribution in [-0.4, -0.2) is 38.9 Å². The largest absolute Gasteiger partial charge is 0.369 e. The lowest BCUT2D eigenvalue weighted by Crippen LogP contribution is -2.39. The van der Waals surface area contributed by atoms with Gasteiger partial charge in [-0.1, -0.05) is 19.1 Å². The second kappa shape index (κ2) is 9.51. The summed E-state index contributed by atoms with van der Waals surface area (Å²) in [5.41, 5.74) is 8.26. The van der Waals surface area contributed by atoms with Gasteiger partial charge in [-0.25, -0.2) is 15.0 Å². The number of rotatable bonds is 7. The molecule has 3 N–H and O–H groups in total. The van der Waals surface area contributed by atoms with Crippen LogP contribution in [0, 0.1) is 5.92 Å². The summed E-state index contributed by atoms with van der Waals surface area (Å²) >= 11 is 0. The van der Waals surface area contributed by atoms with Crippen molar-refractivity contribution in [1.29, 1.82) is 0 Å². The molecule has 0 atom stereocenters. The highest BCUT2D eigenvalue weighted by molar-refractivity contribution is 5.77. The van der Waals surface area contributed by atoms with Crippen molar-refractivity contribution in [2.45, 2.75) is 32.7 Å². The van der Waals surface area contributed by atoms with Crippen molar-refractivity contribution >= 4 is 17.5 Å². The molecule has 31 heavy (non-hydrogen) atoms. The quantitative estimate of drug-likeness (QED) is 0.608. The number of anilines is 2. The van der Waals surface area contributed by atoms with Crippen LogP contribution in [-0.2, 0) is 17.8 Å². The minimum atomic E-state index is -0.207. The van der Waals surface area contributed by atoms with E-state index in [4.69, 9.17) is 5.73 Å². The van der Waals surface area contributed by atoms with Crippen LogP contribution in [0.4, 0.5) is 11.6 Å². The number of amides is 1. The van der Waals surface area contributed by atoms with Gasteiger partial charge in [0.1, 0.15) is 17.3 Å². The van der Waals surface area contributed by atoms with E-state index in [1.807, 2.05) is 30.3 Å². The molecule has 0 aliphatic carbocycles. The number of aryl methyl sites for hydroxylation is 1. The molecule has 1 saturated heterocycles. The molecule has 160 valence electrons. The molecule has 3 aromatic heterocycles. The predicted octanol–water partition coefficient (Wildman–Crippen LogP) is 2.81. The second-order valence-corrected chi connectivity index (χ2v) is 7.64. The van der Waals surface area contributed by atoms with Crippen molar-refractivity contribution in [3.63, 3.8) is 0 Å². The van der Waals surface area contributed by atoms with E-state index >= 15 is 0 Å². The average Bonchev–Trinajstić information content (AvgIpc) is 2.83. The first-order valence-corrected chi connectivity index (χ1v) is 10.7. The van der Waals surface area contributed by atoms with Crippen LogP contribution in [0.15, 0.2) is 48.8 Å². The van der Waals surface area contributed by atoms with Gasteiger partial charge in [-0.2, -0.15) is 0 Å². The standard InChI is InChI=1S/C23H27N7O/c1-2-18-14-20(29-22(28-18)19-7-3-4-10-25-19)27-15-17-6-5-11-26-23(17)30-12-8-16(9-13-30)21(24)31/h3-7,10-11,14,16H,2,8-9,12-13,15H2,1H3,(H2,24,31)(H,27,28,29). The number of primary amides is 1. The van der Waals surface area contributed by atoms with Crippen LogP contribution in [0.3, 0.4) is 0 Å². The first-order chi connectivity index (χ1) is 15.1. The fourth-order valence-corrected chi connectivity index (χ4v) is 3.79. The lowest BCUT2D eigenvalue weighted by atomic mass is 9.96. The maximum Gasteiger partial charge on any atom is 0.220 e. The van der Waals surface area contributed by atoms with E-state index in [-0.39, 0.29) is 11.8 Å². The Labute approximate surface area is 182 Å². The van der Waals surface area contributed by atoms with Gasteiger partial charge < -0.3 is 16.0 Å². The summed E-state index contributed by atoms with van der Waals surface area (Å²) in [5.74, 6) is 2.06. The van der Waals surface area contributed by atoms with E-state index in [1.54, 1.807) is 12.4 Å². The zero-order chi connectivity index (χ0) is 21.6. The van der Waals surface area contributed by atoms with Crippen LogP contribution in [0.5, 0.6) is 0 Å². The van der Waals surface area contributed by atoms with Crippen LogP contribution >= 0.6 is 0 Å². The molecule has 0 radical (unpaired) electrons. The predicted molar refractivity (Wildman–Crippen MR) is 120 cm³/mol. The van der Waals surface area contributed by atoms with Crippen LogP contribution < -0.4 is 16.0 Å². The third-order valence-electron chi connectivity index (χ3n) is 5.56. The summed E-state index contributed by atoms with van der Waals surface area (Å²) in [4.78, 5) is 32.0. The summed E-state index contributed by atoms with van der Waals surface area (Å²) in [6, 6.07) is 11.7. The van der Waals surface area contributed by atoms with Gasteiger partial charge in [0.05, 0.1) is 0 Å². The maximum atomic E-state index is 11.5. The Morgan fingerprint density at radius 1 is 1.13 bits per heavy atom. The topological polar surface area (TPSA) is 110 Å². The van der Waals surface area contributed by atoms with Crippen molar-refractivity contribution in [3.8, 4) is 11.5 Å². The third kappa shape index (κ3) is 4.96. The third-order valence-corrected chi connectivity index (χ3v) is 5.56. The van der Waals surface area contributed by atoms with E-state index in [2.05, 4.69) is 43.1 Å². The van der Waals surface area contributed by atoms with E-state index < -0.39 is 0 Å². The minimum Gasteiger partial charge on any atom is -0.369 e. The van der Waals surface area contributed by atoms with E-state index in [0.29, 0.717) is 12.4 Å². The molecule has 0 spiro atoms. The van der Waals surface area contributed by atoms with Gasteiger partial charge in [0.2, 0.25) is 5.91 Å². The highest BCUT2D eigenvalue weighted by atomic mass is 16.1. The number of pyridine rings is 2. The van der Waals surface area contributed by atoms with Crippen LogP contribution in [0.2, 0.25) is 0 Å². The number of piperidine rings is 1. The Balaban J connectivity index is 1.51. The van der Waals surface area contributed by atoms with E-state index in [1.165, 1.54) is 0 Å². The number of nitrogens with one attached hydrogen (secondary N) is 1. The summed E-state index contributed by atoms with van der Waals surface area (Å²) in [6.07, 6.45) is 5.88. The zero-order valence-corrected chi connectivity index (χ0v) is 17.7. The number of carbonyl (C=O) groups is 1. The molecule has 3 aromatic rings. The number of hydrogen-bond donors (Lipinski definition) is 2. The number of aromatic nitrogens is 4. The molecule has 1 amide bonds. The van der Waals surface area contributed by atoms with Gasteiger partial charge in [0.15, 0.2) is 5.82 Å².